The van der Waals surface area contributed by atoms with Crippen molar-refractivity contribution in [3.63, 3.8) is 0 Å². The van der Waals surface area contributed by atoms with E-state index in [-0.39, 0.29) is 5.91 Å². The molecule has 28 heavy (non-hydrogen) atoms. The molecule has 1 aliphatic rings. The van der Waals surface area contributed by atoms with Crippen molar-refractivity contribution in [2.45, 2.75) is 45.3 Å². The van der Waals surface area contributed by atoms with Gasteiger partial charge in [-0.15, -0.1) is 0 Å². The Hall–Kier alpha value is -3.02. The van der Waals surface area contributed by atoms with E-state index < -0.39 is 17.7 Å². The molecule has 3 rings (SSSR count). The van der Waals surface area contributed by atoms with Crippen LogP contribution in [0, 0.1) is 0 Å². The first kappa shape index (κ1) is 19.7. The van der Waals surface area contributed by atoms with E-state index in [1.165, 1.54) is 4.90 Å². The minimum atomic E-state index is -0.581. The topological polar surface area (TPSA) is 70.7 Å². The highest BCUT2D eigenvalue weighted by Crippen LogP contribution is 2.23. The fourth-order valence-electron chi connectivity index (χ4n) is 3.13. The number of ether oxygens (including phenoxy) is 1. The summed E-state index contributed by atoms with van der Waals surface area (Å²) in [7, 11) is 0. The van der Waals surface area contributed by atoms with E-state index in [0.29, 0.717) is 18.7 Å². The largest absolute Gasteiger partial charge is 0.444 e. The smallest absolute Gasteiger partial charge is 0.410 e. The normalized spacial score (nSPS) is 16.5. The molecule has 2 N–H and O–H groups in total. The number of amides is 2. The van der Waals surface area contributed by atoms with Gasteiger partial charge in [-0.05, 0) is 70.0 Å². The van der Waals surface area contributed by atoms with E-state index in [4.69, 9.17) is 4.74 Å². The van der Waals surface area contributed by atoms with Gasteiger partial charge in [0.15, 0.2) is 0 Å². The van der Waals surface area contributed by atoms with Crippen LogP contribution in [0.2, 0.25) is 0 Å². The van der Waals surface area contributed by atoms with Crippen LogP contribution in [0.1, 0.15) is 33.6 Å². The van der Waals surface area contributed by atoms with Gasteiger partial charge in [0, 0.05) is 23.6 Å². The number of likely N-dealkylation sites (tertiary alicyclic amines) is 1. The van der Waals surface area contributed by atoms with Crippen LogP contribution in [0.5, 0.6) is 0 Å². The maximum absolute atomic E-state index is 12.7. The van der Waals surface area contributed by atoms with Gasteiger partial charge in [0.1, 0.15) is 11.6 Å². The summed E-state index contributed by atoms with van der Waals surface area (Å²) in [5.41, 5.74) is 2.04. The number of nitrogens with one attached hydrogen (secondary N) is 2. The third-order valence-corrected chi connectivity index (χ3v) is 4.40. The van der Waals surface area contributed by atoms with Crippen molar-refractivity contribution in [3.8, 4) is 0 Å². The van der Waals surface area contributed by atoms with Crippen molar-refractivity contribution >= 4 is 29.1 Å². The first-order valence-electron chi connectivity index (χ1n) is 9.54. The number of carbonyl (C=O) groups excluding carboxylic acids is 2. The molecule has 0 saturated carbocycles. The van der Waals surface area contributed by atoms with Gasteiger partial charge in [-0.2, -0.15) is 0 Å². The van der Waals surface area contributed by atoms with E-state index >= 15 is 0 Å². The molecule has 148 valence electrons. The number of anilines is 3. The fourth-order valence-corrected chi connectivity index (χ4v) is 3.13. The Balaban J connectivity index is 1.60. The number of carbonyl (C=O) groups is 2. The summed E-state index contributed by atoms with van der Waals surface area (Å²) in [4.78, 5) is 26.6. The van der Waals surface area contributed by atoms with Crippen molar-refractivity contribution < 1.29 is 14.3 Å². The molecule has 6 heteroatoms. The molecule has 1 saturated heterocycles. The van der Waals surface area contributed by atoms with Crippen LogP contribution in [0.3, 0.4) is 0 Å². The Morgan fingerprint density at radius 3 is 2.21 bits per heavy atom. The molecular formula is C22H27N3O3. The Morgan fingerprint density at radius 2 is 1.57 bits per heavy atom. The molecule has 0 bridgehead atoms. The van der Waals surface area contributed by atoms with Crippen LogP contribution < -0.4 is 10.6 Å². The lowest BCUT2D eigenvalue weighted by molar-refractivity contribution is -0.120. The quantitative estimate of drug-likeness (QED) is 0.800. The number of nitrogens with zero attached hydrogens (tertiary/aromatic N) is 1. The van der Waals surface area contributed by atoms with E-state index in [1.807, 2.05) is 75.4 Å². The highest BCUT2D eigenvalue weighted by Gasteiger charge is 2.36. The summed E-state index contributed by atoms with van der Waals surface area (Å²) in [6.07, 6.45) is 0.989. The zero-order valence-corrected chi connectivity index (χ0v) is 16.6. The van der Waals surface area contributed by atoms with Crippen molar-refractivity contribution in [2.75, 3.05) is 17.2 Å². The predicted molar refractivity (Wildman–Crippen MR) is 111 cm³/mol. The van der Waals surface area contributed by atoms with E-state index in [9.17, 15) is 9.59 Å². The molecule has 0 aromatic heterocycles. The zero-order valence-electron chi connectivity index (χ0n) is 16.6. The van der Waals surface area contributed by atoms with Gasteiger partial charge in [0.25, 0.3) is 0 Å². The summed E-state index contributed by atoms with van der Waals surface area (Å²) in [5.74, 6) is -0.188. The Morgan fingerprint density at radius 1 is 0.964 bits per heavy atom. The molecule has 0 unspecified atom stereocenters. The lowest BCUT2D eigenvalue weighted by Crippen LogP contribution is -2.45. The molecule has 1 aliphatic heterocycles. The van der Waals surface area contributed by atoms with Gasteiger partial charge >= 0.3 is 6.09 Å². The van der Waals surface area contributed by atoms with Crippen LogP contribution in [0.4, 0.5) is 21.9 Å². The molecule has 0 aliphatic carbocycles. The number of hydrogen-bond donors (Lipinski definition) is 2. The number of benzene rings is 2. The first-order valence-corrected chi connectivity index (χ1v) is 9.54. The third kappa shape index (κ3) is 5.25. The van der Waals surface area contributed by atoms with Crippen LogP contribution in [0.25, 0.3) is 0 Å². The van der Waals surface area contributed by atoms with Gasteiger partial charge in [-0.3, -0.25) is 9.69 Å². The minimum absolute atomic E-state index is 0.188. The van der Waals surface area contributed by atoms with Crippen LogP contribution in [-0.4, -0.2) is 35.1 Å². The molecule has 2 amide bonds. The SMILES string of the molecule is CC(C)(C)OC(=O)N1CCC[C@@H]1C(=O)Nc1ccc(Nc2ccccc2)cc1. The van der Waals surface area contributed by atoms with Crippen molar-refractivity contribution in [2.24, 2.45) is 0 Å². The zero-order chi connectivity index (χ0) is 20.1. The van der Waals surface area contributed by atoms with Crippen molar-refractivity contribution in [3.05, 3.63) is 54.6 Å². The van der Waals surface area contributed by atoms with Crippen molar-refractivity contribution in [1.82, 2.24) is 4.90 Å². The lowest BCUT2D eigenvalue weighted by Gasteiger charge is -2.28. The molecule has 6 nitrogen and oxygen atoms in total. The van der Waals surface area contributed by atoms with E-state index in [0.717, 1.165) is 17.8 Å². The summed E-state index contributed by atoms with van der Waals surface area (Å²) in [6, 6.07) is 16.9. The lowest BCUT2D eigenvalue weighted by atomic mass is 10.2. The second-order valence-electron chi connectivity index (χ2n) is 7.89. The summed E-state index contributed by atoms with van der Waals surface area (Å²) >= 11 is 0. The average molecular weight is 381 g/mol. The second kappa shape index (κ2) is 8.33. The highest BCUT2D eigenvalue weighted by molar-refractivity contribution is 5.97. The Bertz CT molecular complexity index is 813. The molecule has 0 spiro atoms. The summed E-state index contributed by atoms with van der Waals surface area (Å²) in [5, 5.41) is 6.21. The monoisotopic (exact) mass is 381 g/mol. The van der Waals surface area contributed by atoms with E-state index in [2.05, 4.69) is 10.6 Å². The number of para-hydroxylation sites is 1. The molecule has 1 fully saturated rings. The third-order valence-electron chi connectivity index (χ3n) is 4.40. The number of hydrogen-bond acceptors (Lipinski definition) is 4. The Kier molecular flexibility index (Phi) is 5.87. The molecule has 2 aromatic rings. The van der Waals surface area contributed by atoms with E-state index in [1.54, 1.807) is 0 Å². The van der Waals surface area contributed by atoms with Gasteiger partial charge in [0.2, 0.25) is 5.91 Å². The van der Waals surface area contributed by atoms with Crippen LogP contribution in [-0.2, 0) is 9.53 Å². The Labute approximate surface area is 165 Å². The molecule has 1 heterocycles. The maximum atomic E-state index is 12.7. The number of rotatable bonds is 4. The molecule has 2 aromatic carbocycles. The van der Waals surface area contributed by atoms with Crippen LogP contribution >= 0.6 is 0 Å². The fraction of sp³-hybridized carbons (Fsp3) is 0.364. The molecule has 1 atom stereocenters. The van der Waals surface area contributed by atoms with Crippen LogP contribution in [0.15, 0.2) is 54.6 Å². The average Bonchev–Trinajstić information content (AvgIpc) is 3.13. The summed E-state index contributed by atoms with van der Waals surface area (Å²) in [6.45, 7) is 6.00. The predicted octanol–water partition coefficient (Wildman–Crippen LogP) is 4.77. The summed E-state index contributed by atoms with van der Waals surface area (Å²) < 4.78 is 5.42. The first-order chi connectivity index (χ1) is 13.3. The standard InChI is InChI=1S/C22H27N3O3/c1-22(2,3)28-21(27)25-15-7-10-19(25)20(26)24-18-13-11-17(12-14-18)23-16-8-5-4-6-9-16/h4-6,8-9,11-14,19,23H,7,10,15H2,1-3H3,(H,24,26)/t19-/m1/s1. The second-order valence-corrected chi connectivity index (χ2v) is 7.89. The van der Waals surface area contributed by atoms with Gasteiger partial charge in [-0.25, -0.2) is 4.79 Å². The molecule has 0 radical (unpaired) electrons. The maximum Gasteiger partial charge on any atom is 0.410 e. The van der Waals surface area contributed by atoms with Gasteiger partial charge in [0.05, 0.1) is 0 Å². The van der Waals surface area contributed by atoms with Crippen molar-refractivity contribution in [1.29, 1.82) is 0 Å². The van der Waals surface area contributed by atoms with Gasteiger partial charge < -0.3 is 15.4 Å². The minimum Gasteiger partial charge on any atom is -0.444 e. The highest BCUT2D eigenvalue weighted by atomic mass is 16.6. The molecular weight excluding hydrogens is 354 g/mol. The van der Waals surface area contributed by atoms with Gasteiger partial charge in [-0.1, -0.05) is 18.2 Å².